The zero-order valence-corrected chi connectivity index (χ0v) is 15.9. The molecule has 0 saturated carbocycles. The van der Waals surface area contributed by atoms with Gasteiger partial charge in [-0.2, -0.15) is 0 Å². The fraction of sp³-hybridized carbons (Fsp3) is 1.00. The van der Waals surface area contributed by atoms with Crippen LogP contribution in [0.2, 0.25) is 0 Å². The van der Waals surface area contributed by atoms with Crippen molar-refractivity contribution in [2.45, 2.75) is 106 Å². The summed E-state index contributed by atoms with van der Waals surface area (Å²) in [4.78, 5) is 0. The zero-order valence-electron chi connectivity index (χ0n) is 15.9. The van der Waals surface area contributed by atoms with Crippen molar-refractivity contribution >= 4 is 0 Å². The Morgan fingerprint density at radius 1 is 0.571 bits per heavy atom. The van der Waals surface area contributed by atoms with E-state index in [4.69, 9.17) is 4.74 Å². The molecule has 0 rings (SSSR count). The van der Waals surface area contributed by atoms with Crippen molar-refractivity contribution in [3.8, 4) is 0 Å². The van der Waals surface area contributed by atoms with Gasteiger partial charge in [-0.15, -0.1) is 0 Å². The molecule has 0 aromatic rings. The van der Waals surface area contributed by atoms with E-state index in [0.717, 1.165) is 13.2 Å². The largest absolute Gasteiger partial charge is 0.381 e. The molecule has 1 nitrogen and oxygen atoms in total. The second kappa shape index (κ2) is 11.5. The molecule has 0 unspecified atom stereocenters. The third-order valence-electron chi connectivity index (χ3n) is 4.76. The predicted octanol–water partition coefficient (Wildman–Crippen LogP) is 7.00. The van der Waals surface area contributed by atoms with E-state index in [1.807, 2.05) is 0 Å². The monoisotopic (exact) mass is 298 g/mol. The Bertz CT molecular complexity index is 206. The second-order valence-corrected chi connectivity index (χ2v) is 8.36. The normalized spacial score (nSPS) is 12.9. The van der Waals surface area contributed by atoms with Gasteiger partial charge in [0.15, 0.2) is 0 Å². The molecule has 0 aliphatic heterocycles. The molecular formula is C20H42O. The van der Waals surface area contributed by atoms with E-state index in [1.165, 1.54) is 64.2 Å². The Morgan fingerprint density at radius 2 is 0.952 bits per heavy atom. The number of rotatable bonds is 14. The van der Waals surface area contributed by atoms with Gasteiger partial charge in [0.05, 0.1) is 0 Å². The smallest absolute Gasteiger partial charge is 0.0471 e. The van der Waals surface area contributed by atoms with E-state index in [1.54, 1.807) is 0 Å². The highest BCUT2D eigenvalue weighted by Crippen LogP contribution is 2.29. The van der Waals surface area contributed by atoms with Crippen LogP contribution in [0.5, 0.6) is 0 Å². The summed E-state index contributed by atoms with van der Waals surface area (Å²) in [5, 5.41) is 0. The average molecular weight is 299 g/mol. The van der Waals surface area contributed by atoms with Crippen molar-refractivity contribution in [2.24, 2.45) is 10.8 Å². The molecule has 0 aliphatic rings. The highest BCUT2D eigenvalue weighted by Gasteiger charge is 2.19. The van der Waals surface area contributed by atoms with Gasteiger partial charge in [-0.25, -0.2) is 0 Å². The topological polar surface area (TPSA) is 9.23 Å². The molecule has 0 aliphatic carbocycles. The number of hydrogen-bond donors (Lipinski definition) is 0. The molecular weight excluding hydrogens is 256 g/mol. The van der Waals surface area contributed by atoms with Crippen molar-refractivity contribution in [1.82, 2.24) is 0 Å². The molecule has 0 radical (unpaired) electrons. The molecule has 1 heteroatoms. The van der Waals surface area contributed by atoms with E-state index >= 15 is 0 Å². The minimum atomic E-state index is 0.450. The summed E-state index contributed by atoms with van der Waals surface area (Å²) in [6, 6.07) is 0. The summed E-state index contributed by atoms with van der Waals surface area (Å²) in [5.41, 5.74) is 0.900. The van der Waals surface area contributed by atoms with Crippen molar-refractivity contribution in [3.05, 3.63) is 0 Å². The lowest BCUT2D eigenvalue weighted by Crippen LogP contribution is -2.17. The molecule has 0 spiro atoms. The zero-order chi connectivity index (χ0) is 16.2. The summed E-state index contributed by atoms with van der Waals surface area (Å²) in [5.74, 6) is 0. The molecule has 0 N–H and O–H groups in total. The van der Waals surface area contributed by atoms with Crippen LogP contribution >= 0.6 is 0 Å². The van der Waals surface area contributed by atoms with Gasteiger partial charge in [0.2, 0.25) is 0 Å². The van der Waals surface area contributed by atoms with Crippen LogP contribution in [0.4, 0.5) is 0 Å². The Hall–Kier alpha value is -0.0400. The van der Waals surface area contributed by atoms with E-state index in [0.29, 0.717) is 10.8 Å². The maximum Gasteiger partial charge on any atom is 0.0471 e. The van der Waals surface area contributed by atoms with Crippen LogP contribution in [0.1, 0.15) is 106 Å². The van der Waals surface area contributed by atoms with Crippen LogP contribution in [0.25, 0.3) is 0 Å². The number of ether oxygens (including phenoxy) is 1. The number of hydrogen-bond acceptors (Lipinski definition) is 1. The average Bonchev–Trinajstić information content (AvgIpc) is 2.38. The van der Waals surface area contributed by atoms with Crippen LogP contribution in [-0.2, 0) is 4.74 Å². The van der Waals surface area contributed by atoms with Crippen LogP contribution < -0.4 is 0 Å². The third-order valence-corrected chi connectivity index (χ3v) is 4.76. The number of unbranched alkanes of at least 4 members (excludes halogenated alkanes) is 4. The standard InChI is InChI=1S/C20H42O/c1-7-9-11-13-19(3,4)15-17-21-18-16-20(5,6)14-12-10-8-2/h7-18H2,1-6H3. The van der Waals surface area contributed by atoms with Gasteiger partial charge >= 0.3 is 0 Å². The molecule has 0 heterocycles. The Labute approximate surface area is 135 Å². The third kappa shape index (κ3) is 13.4. The quantitative estimate of drug-likeness (QED) is 0.314. The fourth-order valence-electron chi connectivity index (χ4n) is 2.76. The first-order valence-electron chi connectivity index (χ1n) is 9.41. The summed E-state index contributed by atoms with van der Waals surface area (Å²) in [6.45, 7) is 16.0. The SMILES string of the molecule is CCCCCC(C)(C)CCOCCC(C)(C)CCCCC. The van der Waals surface area contributed by atoms with Gasteiger partial charge in [-0.1, -0.05) is 80.1 Å². The van der Waals surface area contributed by atoms with Gasteiger partial charge in [-0.3, -0.25) is 0 Å². The van der Waals surface area contributed by atoms with Gasteiger partial charge in [-0.05, 0) is 36.5 Å². The molecule has 21 heavy (non-hydrogen) atoms. The highest BCUT2D eigenvalue weighted by molar-refractivity contribution is 4.70. The van der Waals surface area contributed by atoms with Crippen LogP contribution in [0.15, 0.2) is 0 Å². The fourth-order valence-corrected chi connectivity index (χ4v) is 2.76. The van der Waals surface area contributed by atoms with Gasteiger partial charge in [0.25, 0.3) is 0 Å². The van der Waals surface area contributed by atoms with E-state index in [9.17, 15) is 0 Å². The molecule has 0 amide bonds. The van der Waals surface area contributed by atoms with Crippen molar-refractivity contribution in [1.29, 1.82) is 0 Å². The van der Waals surface area contributed by atoms with Crippen molar-refractivity contribution < 1.29 is 4.74 Å². The van der Waals surface area contributed by atoms with Gasteiger partial charge in [0.1, 0.15) is 0 Å². The van der Waals surface area contributed by atoms with Crippen LogP contribution in [0.3, 0.4) is 0 Å². The van der Waals surface area contributed by atoms with Crippen LogP contribution in [0, 0.1) is 10.8 Å². The minimum absolute atomic E-state index is 0.450. The molecule has 0 bridgehead atoms. The minimum Gasteiger partial charge on any atom is -0.381 e. The van der Waals surface area contributed by atoms with Crippen molar-refractivity contribution in [3.63, 3.8) is 0 Å². The summed E-state index contributed by atoms with van der Waals surface area (Å²) in [7, 11) is 0. The first-order chi connectivity index (χ1) is 9.83. The predicted molar refractivity (Wildman–Crippen MR) is 95.9 cm³/mol. The van der Waals surface area contributed by atoms with E-state index in [2.05, 4.69) is 41.5 Å². The Kier molecular flexibility index (Phi) is 11.5. The molecule has 0 aromatic heterocycles. The lowest BCUT2D eigenvalue weighted by atomic mass is 9.83. The lowest BCUT2D eigenvalue weighted by Gasteiger charge is -2.26. The first kappa shape index (κ1) is 21.0. The van der Waals surface area contributed by atoms with E-state index in [-0.39, 0.29) is 0 Å². The maximum atomic E-state index is 5.92. The van der Waals surface area contributed by atoms with Crippen molar-refractivity contribution in [2.75, 3.05) is 13.2 Å². The molecule has 0 fully saturated rings. The van der Waals surface area contributed by atoms with Crippen LogP contribution in [-0.4, -0.2) is 13.2 Å². The lowest BCUT2D eigenvalue weighted by molar-refractivity contribution is 0.0766. The molecule has 0 saturated heterocycles. The summed E-state index contributed by atoms with van der Waals surface area (Å²) >= 11 is 0. The van der Waals surface area contributed by atoms with Gasteiger partial charge in [0, 0.05) is 13.2 Å². The summed E-state index contributed by atoms with van der Waals surface area (Å²) < 4.78 is 5.92. The Morgan fingerprint density at radius 3 is 1.29 bits per heavy atom. The molecule has 0 atom stereocenters. The van der Waals surface area contributed by atoms with E-state index < -0.39 is 0 Å². The Balaban J connectivity index is 3.65. The highest BCUT2D eigenvalue weighted by atomic mass is 16.5. The van der Waals surface area contributed by atoms with Gasteiger partial charge < -0.3 is 4.74 Å². The summed E-state index contributed by atoms with van der Waals surface area (Å²) in [6.07, 6.45) is 13.2. The molecule has 0 aromatic carbocycles. The first-order valence-corrected chi connectivity index (χ1v) is 9.41. The second-order valence-electron chi connectivity index (χ2n) is 8.36. The maximum absolute atomic E-state index is 5.92. The molecule has 128 valence electrons.